The number of aromatic nitrogens is 4. The summed E-state index contributed by atoms with van der Waals surface area (Å²) in [4.78, 5) is 7.24. The second kappa shape index (κ2) is 6.06. The number of alkyl halides is 3. The first-order valence-corrected chi connectivity index (χ1v) is 7.65. The van der Waals surface area contributed by atoms with Crippen molar-refractivity contribution in [2.75, 3.05) is 5.75 Å². The molecule has 2 aromatic rings. The summed E-state index contributed by atoms with van der Waals surface area (Å²) in [6, 6.07) is 0.836. The largest absolute Gasteiger partial charge is 0.433 e. The molecule has 19 heavy (non-hydrogen) atoms. The molecule has 0 aliphatic carbocycles. The van der Waals surface area contributed by atoms with Gasteiger partial charge in [-0.15, -0.1) is 10.2 Å². The topological polar surface area (TPSA) is 51.6 Å². The molecule has 0 unspecified atom stereocenters. The Labute approximate surface area is 119 Å². The maximum atomic E-state index is 12.5. The number of thioether (sulfide) groups is 1. The molecule has 0 atom stereocenters. The Morgan fingerprint density at radius 1 is 1.26 bits per heavy atom. The Morgan fingerprint density at radius 3 is 2.68 bits per heavy atom. The van der Waals surface area contributed by atoms with Crippen molar-refractivity contribution in [1.82, 2.24) is 20.2 Å². The van der Waals surface area contributed by atoms with Crippen molar-refractivity contribution in [3.63, 3.8) is 0 Å². The molecule has 2 heterocycles. The van der Waals surface area contributed by atoms with Crippen LogP contribution in [0.15, 0.2) is 26.1 Å². The van der Waals surface area contributed by atoms with Gasteiger partial charge in [-0.25, -0.2) is 9.97 Å². The van der Waals surface area contributed by atoms with Crippen molar-refractivity contribution >= 4 is 34.9 Å². The van der Waals surface area contributed by atoms with Crippen LogP contribution in [0.3, 0.4) is 0 Å². The number of halogens is 3. The fourth-order valence-electron chi connectivity index (χ4n) is 1.05. The first-order chi connectivity index (χ1) is 8.99. The lowest BCUT2D eigenvalue weighted by Crippen LogP contribution is -2.08. The molecule has 0 bridgehead atoms. The zero-order valence-electron chi connectivity index (χ0n) is 9.51. The van der Waals surface area contributed by atoms with Gasteiger partial charge in [0.2, 0.25) is 0 Å². The van der Waals surface area contributed by atoms with Crippen LogP contribution in [0.1, 0.15) is 12.6 Å². The maximum Gasteiger partial charge on any atom is 0.433 e. The van der Waals surface area contributed by atoms with Crippen LogP contribution in [-0.4, -0.2) is 25.9 Å². The lowest BCUT2D eigenvalue weighted by atomic mass is 10.4. The highest BCUT2D eigenvalue weighted by molar-refractivity contribution is 8.03. The molecule has 102 valence electrons. The zero-order valence-corrected chi connectivity index (χ0v) is 12.0. The maximum absolute atomic E-state index is 12.5. The normalized spacial score (nSPS) is 11.8. The molecule has 0 saturated carbocycles. The van der Waals surface area contributed by atoms with Crippen LogP contribution in [0.4, 0.5) is 13.2 Å². The molecule has 4 nitrogen and oxygen atoms in total. The van der Waals surface area contributed by atoms with E-state index in [4.69, 9.17) is 0 Å². The molecule has 0 saturated heterocycles. The van der Waals surface area contributed by atoms with Crippen molar-refractivity contribution in [2.45, 2.75) is 26.9 Å². The van der Waals surface area contributed by atoms with Gasteiger partial charge in [-0.1, -0.05) is 30.0 Å². The van der Waals surface area contributed by atoms with Gasteiger partial charge in [0.05, 0.1) is 0 Å². The Hall–Kier alpha value is -0.870. The summed E-state index contributed by atoms with van der Waals surface area (Å²) in [5, 5.41) is 7.79. The molecule has 10 heteroatoms. The lowest BCUT2D eigenvalue weighted by molar-refractivity contribution is -0.141. The standard InChI is InChI=1S/C9H7F3N4S3/c1-2-17-7-15-16-8(19-7)18-6-13-4-3-5(14-6)9(10,11)12/h3-4H,2H2,1H3. The molecule has 2 aromatic heterocycles. The molecule has 0 fully saturated rings. The van der Waals surface area contributed by atoms with Crippen molar-refractivity contribution in [3.8, 4) is 0 Å². The van der Waals surface area contributed by atoms with Crippen LogP contribution in [0.2, 0.25) is 0 Å². The third-order valence-corrected chi connectivity index (χ3v) is 4.63. The fraction of sp³-hybridized carbons (Fsp3) is 0.333. The lowest BCUT2D eigenvalue weighted by Gasteiger charge is -2.05. The second-order valence-corrected chi connectivity index (χ2v) is 6.79. The highest BCUT2D eigenvalue weighted by atomic mass is 32.2. The highest BCUT2D eigenvalue weighted by Gasteiger charge is 2.32. The van der Waals surface area contributed by atoms with Gasteiger partial charge in [0.25, 0.3) is 0 Å². The average Bonchev–Trinajstić information content (AvgIpc) is 2.76. The second-order valence-electron chi connectivity index (χ2n) is 3.09. The summed E-state index contributed by atoms with van der Waals surface area (Å²) in [7, 11) is 0. The molecule has 2 rings (SSSR count). The van der Waals surface area contributed by atoms with Gasteiger partial charge < -0.3 is 0 Å². The minimum atomic E-state index is -4.47. The first kappa shape index (κ1) is 14.5. The summed E-state index contributed by atoms with van der Waals surface area (Å²) >= 11 is 3.81. The van der Waals surface area contributed by atoms with Crippen molar-refractivity contribution in [1.29, 1.82) is 0 Å². The third-order valence-electron chi connectivity index (χ3n) is 1.76. The predicted molar refractivity (Wildman–Crippen MR) is 67.5 cm³/mol. The SMILES string of the molecule is CCSc1nnc(Sc2nccc(C(F)(F)F)n2)s1. The van der Waals surface area contributed by atoms with E-state index < -0.39 is 11.9 Å². The van der Waals surface area contributed by atoms with Crippen LogP contribution in [0, 0.1) is 0 Å². The number of hydrogen-bond donors (Lipinski definition) is 0. The summed E-state index contributed by atoms with van der Waals surface area (Å²) in [5.74, 6) is 0.860. The number of rotatable bonds is 4. The molecular formula is C9H7F3N4S3. The fourth-order valence-corrected chi connectivity index (χ4v) is 3.81. The monoisotopic (exact) mass is 324 g/mol. The van der Waals surface area contributed by atoms with Gasteiger partial charge in [0.1, 0.15) is 5.69 Å². The number of hydrogen-bond acceptors (Lipinski definition) is 7. The van der Waals surface area contributed by atoms with Crippen molar-refractivity contribution < 1.29 is 13.2 Å². The van der Waals surface area contributed by atoms with E-state index in [1.807, 2.05) is 6.92 Å². The van der Waals surface area contributed by atoms with Crippen LogP contribution in [-0.2, 0) is 6.18 Å². The van der Waals surface area contributed by atoms with E-state index in [0.717, 1.165) is 34.1 Å². The first-order valence-electron chi connectivity index (χ1n) is 5.03. The Morgan fingerprint density at radius 2 is 2.00 bits per heavy atom. The van der Waals surface area contributed by atoms with Crippen LogP contribution in [0.5, 0.6) is 0 Å². The molecule has 0 aliphatic rings. The predicted octanol–water partition coefficient (Wildman–Crippen LogP) is 3.61. The van der Waals surface area contributed by atoms with E-state index in [1.54, 1.807) is 0 Å². The highest BCUT2D eigenvalue weighted by Crippen LogP contribution is 2.33. The smallest absolute Gasteiger partial charge is 0.231 e. The Kier molecular flexibility index (Phi) is 4.63. The minimum absolute atomic E-state index is 0.0130. The summed E-state index contributed by atoms with van der Waals surface area (Å²) in [6.45, 7) is 1.98. The summed E-state index contributed by atoms with van der Waals surface area (Å²) in [6.07, 6.45) is -3.39. The third kappa shape index (κ3) is 4.05. The van der Waals surface area contributed by atoms with Crippen molar-refractivity contribution in [2.24, 2.45) is 0 Å². The summed E-state index contributed by atoms with van der Waals surface area (Å²) < 4.78 is 38.7. The average molecular weight is 324 g/mol. The van der Waals surface area contributed by atoms with E-state index in [2.05, 4.69) is 20.2 Å². The van der Waals surface area contributed by atoms with Gasteiger partial charge in [0.15, 0.2) is 13.8 Å². The van der Waals surface area contributed by atoms with Gasteiger partial charge in [0, 0.05) is 6.20 Å². The van der Waals surface area contributed by atoms with Crippen LogP contribution < -0.4 is 0 Å². The van der Waals surface area contributed by atoms with Gasteiger partial charge in [-0.3, -0.25) is 0 Å². The molecule has 0 aliphatic heterocycles. The molecule has 0 aromatic carbocycles. The molecule has 0 spiro atoms. The van der Waals surface area contributed by atoms with E-state index in [1.165, 1.54) is 23.1 Å². The van der Waals surface area contributed by atoms with Gasteiger partial charge in [-0.05, 0) is 23.6 Å². The molecular weight excluding hydrogens is 317 g/mol. The quantitative estimate of drug-likeness (QED) is 0.632. The number of nitrogens with zero attached hydrogens (tertiary/aromatic N) is 4. The van der Waals surface area contributed by atoms with Crippen LogP contribution in [0.25, 0.3) is 0 Å². The zero-order chi connectivity index (χ0) is 13.9. The van der Waals surface area contributed by atoms with Gasteiger partial charge >= 0.3 is 6.18 Å². The van der Waals surface area contributed by atoms with Gasteiger partial charge in [-0.2, -0.15) is 13.2 Å². The van der Waals surface area contributed by atoms with E-state index >= 15 is 0 Å². The minimum Gasteiger partial charge on any atom is -0.231 e. The summed E-state index contributed by atoms with van der Waals surface area (Å²) in [5.41, 5.74) is -0.960. The van der Waals surface area contributed by atoms with E-state index in [9.17, 15) is 13.2 Å². The molecule has 0 amide bonds. The Bertz CT molecular complexity index is 558. The Balaban J connectivity index is 2.14. The van der Waals surface area contributed by atoms with E-state index in [-0.39, 0.29) is 5.16 Å². The molecule has 0 radical (unpaired) electrons. The molecule has 0 N–H and O–H groups in total. The van der Waals surface area contributed by atoms with Crippen LogP contribution >= 0.6 is 34.9 Å². The van der Waals surface area contributed by atoms with E-state index in [0.29, 0.717) is 4.34 Å². The van der Waals surface area contributed by atoms with Crippen molar-refractivity contribution in [3.05, 3.63) is 18.0 Å².